The van der Waals surface area contributed by atoms with Crippen molar-refractivity contribution in [3.8, 4) is 0 Å². The fourth-order valence-electron chi connectivity index (χ4n) is 2.32. The van der Waals surface area contributed by atoms with E-state index in [9.17, 15) is 4.79 Å². The van der Waals surface area contributed by atoms with Gasteiger partial charge in [0.1, 0.15) is 0 Å². The van der Waals surface area contributed by atoms with Gasteiger partial charge in [-0.2, -0.15) is 0 Å². The highest BCUT2D eigenvalue weighted by molar-refractivity contribution is 5.94. The van der Waals surface area contributed by atoms with Crippen LogP contribution in [0.4, 0.5) is 0 Å². The lowest BCUT2D eigenvalue weighted by atomic mass is 10.1. The van der Waals surface area contributed by atoms with E-state index in [2.05, 4.69) is 12.2 Å². The van der Waals surface area contributed by atoms with Crippen LogP contribution in [0.15, 0.2) is 24.3 Å². The van der Waals surface area contributed by atoms with Gasteiger partial charge in [0, 0.05) is 31.2 Å². The molecule has 1 aromatic carbocycles. The Morgan fingerprint density at radius 1 is 1.38 bits per heavy atom. The van der Waals surface area contributed by atoms with E-state index in [-0.39, 0.29) is 30.5 Å². The molecule has 4 nitrogen and oxygen atoms in total. The van der Waals surface area contributed by atoms with Crippen LogP contribution in [-0.4, -0.2) is 42.6 Å². The second-order valence-electron chi connectivity index (χ2n) is 5.61. The lowest BCUT2D eigenvalue weighted by Crippen LogP contribution is -2.52. The number of halogens is 1. The van der Waals surface area contributed by atoms with E-state index in [1.165, 1.54) is 0 Å². The predicted molar refractivity (Wildman–Crippen MR) is 87.0 cm³/mol. The molecule has 118 valence electrons. The number of amides is 1. The number of carbonyl (C=O) groups excluding carboxylic acids is 1. The first-order chi connectivity index (χ1) is 9.58. The molecule has 1 aliphatic rings. The molecule has 0 aliphatic carbocycles. The van der Waals surface area contributed by atoms with Crippen molar-refractivity contribution in [2.75, 3.05) is 19.6 Å². The summed E-state index contributed by atoms with van der Waals surface area (Å²) in [6.07, 6.45) is 0.220. The molecule has 0 radical (unpaired) electrons. The largest absolute Gasteiger partial charge is 0.374 e. The third-order valence-electron chi connectivity index (χ3n) is 3.55. The quantitative estimate of drug-likeness (QED) is 0.928. The second kappa shape index (κ2) is 8.37. The van der Waals surface area contributed by atoms with Gasteiger partial charge in [0.2, 0.25) is 0 Å². The molecule has 0 unspecified atom stereocenters. The van der Waals surface area contributed by atoms with E-state index in [0.29, 0.717) is 6.61 Å². The van der Waals surface area contributed by atoms with Gasteiger partial charge in [-0.15, -0.1) is 12.4 Å². The van der Waals surface area contributed by atoms with Crippen LogP contribution < -0.4 is 5.32 Å². The Hall–Kier alpha value is -1.10. The summed E-state index contributed by atoms with van der Waals surface area (Å²) in [4.78, 5) is 14.4. The van der Waals surface area contributed by atoms with Crippen molar-refractivity contribution in [3.05, 3.63) is 35.4 Å². The minimum atomic E-state index is 0. The first-order valence-corrected chi connectivity index (χ1v) is 7.30. The Morgan fingerprint density at radius 2 is 2.05 bits per heavy atom. The lowest BCUT2D eigenvalue weighted by molar-refractivity contribution is 0.0644. The number of rotatable bonds is 4. The third-order valence-corrected chi connectivity index (χ3v) is 3.55. The zero-order chi connectivity index (χ0) is 14.5. The van der Waals surface area contributed by atoms with E-state index in [0.717, 1.165) is 30.8 Å². The van der Waals surface area contributed by atoms with Gasteiger partial charge in [-0.3, -0.25) is 4.79 Å². The van der Waals surface area contributed by atoms with Crippen LogP contribution in [0.2, 0.25) is 0 Å². The number of hydrogen-bond donors (Lipinski definition) is 1. The lowest BCUT2D eigenvalue weighted by Gasteiger charge is -2.34. The van der Waals surface area contributed by atoms with Gasteiger partial charge in [0.15, 0.2) is 0 Å². The molecule has 1 atom stereocenters. The molecular formula is C16H25ClN2O2. The third kappa shape index (κ3) is 4.99. The van der Waals surface area contributed by atoms with Crippen molar-refractivity contribution in [1.29, 1.82) is 0 Å². The maximum absolute atomic E-state index is 12.5. The predicted octanol–water partition coefficient (Wildman–Crippen LogP) is 2.47. The smallest absolute Gasteiger partial charge is 0.254 e. The summed E-state index contributed by atoms with van der Waals surface area (Å²) in [5, 5.41) is 3.30. The molecule has 0 spiro atoms. The van der Waals surface area contributed by atoms with E-state index in [4.69, 9.17) is 4.74 Å². The summed E-state index contributed by atoms with van der Waals surface area (Å²) in [6, 6.07) is 8.00. The molecule has 1 aromatic rings. The van der Waals surface area contributed by atoms with E-state index >= 15 is 0 Å². The average Bonchev–Trinajstić information content (AvgIpc) is 2.45. The van der Waals surface area contributed by atoms with E-state index in [1.807, 2.05) is 43.0 Å². The SMILES string of the molecule is CC(C)OCc1ccc(C(=O)N2CCNC[C@@H]2C)cc1.Cl. The number of hydrogen-bond acceptors (Lipinski definition) is 3. The summed E-state index contributed by atoms with van der Waals surface area (Å²) >= 11 is 0. The molecule has 1 fully saturated rings. The zero-order valence-corrected chi connectivity index (χ0v) is 13.8. The summed E-state index contributed by atoms with van der Waals surface area (Å²) in [6.45, 7) is 9.22. The van der Waals surface area contributed by atoms with E-state index in [1.54, 1.807) is 0 Å². The molecule has 0 aromatic heterocycles. The highest BCUT2D eigenvalue weighted by Crippen LogP contribution is 2.12. The fourth-order valence-corrected chi connectivity index (χ4v) is 2.32. The summed E-state index contributed by atoms with van der Waals surface area (Å²) in [5.74, 6) is 0.121. The van der Waals surface area contributed by atoms with Crippen molar-refractivity contribution in [2.45, 2.75) is 39.5 Å². The topological polar surface area (TPSA) is 41.6 Å². The number of benzene rings is 1. The Balaban J connectivity index is 0.00000220. The number of nitrogens with zero attached hydrogens (tertiary/aromatic N) is 1. The monoisotopic (exact) mass is 312 g/mol. The van der Waals surface area contributed by atoms with Crippen LogP contribution in [0, 0.1) is 0 Å². The zero-order valence-electron chi connectivity index (χ0n) is 13.0. The van der Waals surface area contributed by atoms with Gasteiger partial charge in [-0.05, 0) is 38.5 Å². The molecule has 0 bridgehead atoms. The summed E-state index contributed by atoms with van der Waals surface area (Å²) in [5.41, 5.74) is 1.86. The van der Waals surface area contributed by atoms with Crippen LogP contribution in [0.25, 0.3) is 0 Å². The van der Waals surface area contributed by atoms with Crippen molar-refractivity contribution in [2.24, 2.45) is 0 Å². The normalized spacial score (nSPS) is 18.5. The summed E-state index contributed by atoms with van der Waals surface area (Å²) in [7, 11) is 0. The number of carbonyl (C=O) groups is 1. The van der Waals surface area contributed by atoms with Gasteiger partial charge in [0.05, 0.1) is 12.7 Å². The van der Waals surface area contributed by atoms with Gasteiger partial charge in [-0.1, -0.05) is 12.1 Å². The Morgan fingerprint density at radius 3 is 2.62 bits per heavy atom. The highest BCUT2D eigenvalue weighted by Gasteiger charge is 2.23. The van der Waals surface area contributed by atoms with Crippen molar-refractivity contribution in [1.82, 2.24) is 10.2 Å². The number of piperazine rings is 1. The Bertz CT molecular complexity index is 448. The Labute approximate surface area is 133 Å². The van der Waals surface area contributed by atoms with Gasteiger partial charge in [0.25, 0.3) is 5.91 Å². The molecule has 21 heavy (non-hydrogen) atoms. The van der Waals surface area contributed by atoms with E-state index < -0.39 is 0 Å². The van der Waals surface area contributed by atoms with Crippen molar-refractivity contribution >= 4 is 18.3 Å². The molecule has 1 amide bonds. The molecule has 5 heteroatoms. The molecule has 1 N–H and O–H groups in total. The van der Waals surface area contributed by atoms with Gasteiger partial charge < -0.3 is 15.0 Å². The number of nitrogens with one attached hydrogen (secondary N) is 1. The molecule has 1 heterocycles. The molecular weight excluding hydrogens is 288 g/mol. The number of ether oxygens (including phenoxy) is 1. The van der Waals surface area contributed by atoms with Crippen LogP contribution in [0.1, 0.15) is 36.7 Å². The first-order valence-electron chi connectivity index (χ1n) is 7.30. The standard InChI is InChI=1S/C16H24N2O2.ClH/c1-12(2)20-11-14-4-6-15(7-5-14)16(19)18-9-8-17-10-13(18)3;/h4-7,12-13,17H,8-11H2,1-3H3;1H/t13-;/m0./s1. The van der Waals surface area contributed by atoms with Crippen molar-refractivity contribution in [3.63, 3.8) is 0 Å². The van der Waals surface area contributed by atoms with Crippen LogP contribution in [-0.2, 0) is 11.3 Å². The minimum Gasteiger partial charge on any atom is -0.374 e. The molecule has 1 saturated heterocycles. The molecule has 0 saturated carbocycles. The summed E-state index contributed by atoms with van der Waals surface area (Å²) < 4.78 is 5.56. The molecule has 1 aliphatic heterocycles. The van der Waals surface area contributed by atoms with Gasteiger partial charge >= 0.3 is 0 Å². The maximum Gasteiger partial charge on any atom is 0.254 e. The van der Waals surface area contributed by atoms with Crippen LogP contribution in [0.5, 0.6) is 0 Å². The first kappa shape index (κ1) is 18.0. The van der Waals surface area contributed by atoms with Gasteiger partial charge in [-0.25, -0.2) is 0 Å². The highest BCUT2D eigenvalue weighted by atomic mass is 35.5. The fraction of sp³-hybridized carbons (Fsp3) is 0.562. The van der Waals surface area contributed by atoms with Crippen LogP contribution >= 0.6 is 12.4 Å². The Kier molecular flexibility index (Phi) is 7.15. The second-order valence-corrected chi connectivity index (χ2v) is 5.61. The molecule has 2 rings (SSSR count). The minimum absolute atomic E-state index is 0. The average molecular weight is 313 g/mol. The van der Waals surface area contributed by atoms with Crippen LogP contribution in [0.3, 0.4) is 0 Å². The maximum atomic E-state index is 12.5. The van der Waals surface area contributed by atoms with Crippen molar-refractivity contribution < 1.29 is 9.53 Å².